The van der Waals surface area contributed by atoms with Crippen molar-refractivity contribution in [3.05, 3.63) is 22.9 Å². The highest BCUT2D eigenvalue weighted by molar-refractivity contribution is 7.07. The summed E-state index contributed by atoms with van der Waals surface area (Å²) in [6.45, 7) is 0. The number of rotatable bonds is 0. The second kappa shape index (κ2) is 5.95. The largest absolute Gasteiger partial charge is 0.344 e. The standard InChI is InChI=1S/C4H4S.ClH.H3N/c1-2-4-5-3-1;;/h1-4H;1H;1H3. The molecule has 0 saturated carbocycles. The van der Waals surface area contributed by atoms with E-state index in [0.29, 0.717) is 0 Å². The van der Waals surface area contributed by atoms with Crippen LogP contribution in [0.3, 0.4) is 0 Å². The summed E-state index contributed by atoms with van der Waals surface area (Å²) < 4.78 is 0. The Morgan fingerprint density at radius 1 is 1.00 bits per heavy atom. The monoisotopic (exact) mass is 137 g/mol. The predicted molar refractivity (Wildman–Crippen MR) is 36.6 cm³/mol. The molecule has 0 saturated heterocycles. The zero-order chi connectivity index (χ0) is 3.54. The van der Waals surface area contributed by atoms with E-state index < -0.39 is 0 Å². The van der Waals surface area contributed by atoms with E-state index in [0.717, 1.165) is 0 Å². The smallest absolute Gasteiger partial charge is 0.00934 e. The van der Waals surface area contributed by atoms with Gasteiger partial charge in [0.2, 0.25) is 0 Å². The molecule has 1 rings (SSSR count). The third kappa shape index (κ3) is 3.79. The van der Waals surface area contributed by atoms with Crippen molar-refractivity contribution in [2.24, 2.45) is 0 Å². The summed E-state index contributed by atoms with van der Waals surface area (Å²) in [4.78, 5) is 0. The van der Waals surface area contributed by atoms with E-state index in [1.807, 2.05) is 22.9 Å². The Hall–Kier alpha value is -0.0500. The Labute approximate surface area is 53.4 Å². The van der Waals surface area contributed by atoms with Crippen molar-refractivity contribution in [3.63, 3.8) is 0 Å². The van der Waals surface area contributed by atoms with Gasteiger partial charge < -0.3 is 6.15 Å². The van der Waals surface area contributed by atoms with Crippen LogP contribution in [-0.4, -0.2) is 0 Å². The molecule has 0 unspecified atom stereocenters. The highest BCUT2D eigenvalue weighted by Gasteiger charge is 1.58. The molecule has 0 radical (unpaired) electrons. The molecule has 0 aliphatic rings. The molecule has 1 heterocycles. The normalized spacial score (nSPS) is 5.71. The van der Waals surface area contributed by atoms with Gasteiger partial charge in [0.1, 0.15) is 0 Å². The Kier molecular flexibility index (Phi) is 8.54. The predicted octanol–water partition coefficient (Wildman–Crippen LogP) is 2.33. The van der Waals surface area contributed by atoms with Crippen molar-refractivity contribution in [2.75, 3.05) is 0 Å². The molecule has 1 nitrogen and oxygen atoms in total. The van der Waals surface area contributed by atoms with E-state index >= 15 is 0 Å². The molecule has 0 bridgehead atoms. The summed E-state index contributed by atoms with van der Waals surface area (Å²) in [6.07, 6.45) is 0. The van der Waals surface area contributed by atoms with Gasteiger partial charge in [-0.2, -0.15) is 11.3 Å². The molecule has 0 aliphatic heterocycles. The van der Waals surface area contributed by atoms with Crippen LogP contribution < -0.4 is 6.15 Å². The van der Waals surface area contributed by atoms with Crippen LogP contribution in [0.4, 0.5) is 0 Å². The van der Waals surface area contributed by atoms with Gasteiger partial charge in [0.15, 0.2) is 0 Å². The van der Waals surface area contributed by atoms with Gasteiger partial charge >= 0.3 is 0 Å². The fraction of sp³-hybridized carbons (Fsp3) is 0. The molecule has 0 fully saturated rings. The minimum absolute atomic E-state index is 0. The van der Waals surface area contributed by atoms with Crippen LogP contribution in [0.15, 0.2) is 22.9 Å². The zero-order valence-electron chi connectivity index (χ0n) is 3.83. The first kappa shape index (κ1) is 10.0. The summed E-state index contributed by atoms with van der Waals surface area (Å²) >= 11 is 1.71. The van der Waals surface area contributed by atoms with Crippen molar-refractivity contribution in [2.45, 2.75) is 0 Å². The van der Waals surface area contributed by atoms with E-state index in [1.165, 1.54) is 0 Å². The first-order valence-corrected chi connectivity index (χ1v) is 2.41. The lowest BCUT2D eigenvalue weighted by atomic mass is 10.7. The Balaban J connectivity index is 0. The SMILES string of the molecule is Cl.N.c1ccsc1. The number of hydrogen-bond acceptors (Lipinski definition) is 2. The lowest BCUT2D eigenvalue weighted by molar-refractivity contribution is 2.03. The van der Waals surface area contributed by atoms with Gasteiger partial charge in [-0.1, -0.05) is 12.1 Å². The highest BCUT2D eigenvalue weighted by Crippen LogP contribution is 1.91. The first-order chi connectivity index (χ1) is 2.50. The van der Waals surface area contributed by atoms with Gasteiger partial charge in [0, 0.05) is 0 Å². The lowest BCUT2D eigenvalue weighted by Crippen LogP contribution is -1.16. The van der Waals surface area contributed by atoms with Crippen LogP contribution in [-0.2, 0) is 0 Å². The van der Waals surface area contributed by atoms with E-state index in [1.54, 1.807) is 11.3 Å². The van der Waals surface area contributed by atoms with Gasteiger partial charge in [0.25, 0.3) is 0 Å². The summed E-state index contributed by atoms with van der Waals surface area (Å²) in [7, 11) is 0. The van der Waals surface area contributed by atoms with Crippen molar-refractivity contribution >= 4 is 23.7 Å². The molecule has 0 spiro atoms. The molecule has 7 heavy (non-hydrogen) atoms. The third-order valence-electron chi connectivity index (χ3n) is 0.425. The molecule has 0 aliphatic carbocycles. The molecule has 1 aromatic heterocycles. The fourth-order valence-corrected chi connectivity index (χ4v) is 0.680. The van der Waals surface area contributed by atoms with Gasteiger partial charge in [-0.3, -0.25) is 0 Å². The average molecular weight is 138 g/mol. The first-order valence-electron chi connectivity index (χ1n) is 1.47. The number of thiophene rings is 1. The van der Waals surface area contributed by atoms with Crippen LogP contribution in [0.25, 0.3) is 0 Å². The maximum atomic E-state index is 2.04. The fourth-order valence-electron chi connectivity index (χ4n) is 0.227. The molecule has 3 N–H and O–H groups in total. The highest BCUT2D eigenvalue weighted by atomic mass is 35.5. The summed E-state index contributed by atoms with van der Waals surface area (Å²) in [5.74, 6) is 0. The molecule has 42 valence electrons. The Morgan fingerprint density at radius 3 is 1.57 bits per heavy atom. The second-order valence-corrected chi connectivity index (χ2v) is 1.61. The van der Waals surface area contributed by atoms with Gasteiger partial charge in [-0.25, -0.2) is 0 Å². The van der Waals surface area contributed by atoms with Gasteiger partial charge in [-0.15, -0.1) is 12.4 Å². The minimum Gasteiger partial charge on any atom is -0.344 e. The molecular weight excluding hydrogens is 130 g/mol. The number of hydrogen-bond donors (Lipinski definition) is 1. The maximum absolute atomic E-state index is 2.04. The van der Waals surface area contributed by atoms with Crippen LogP contribution in [0.2, 0.25) is 0 Å². The average Bonchev–Trinajstić information content (AvgIpc) is 1.76. The van der Waals surface area contributed by atoms with E-state index in [9.17, 15) is 0 Å². The third-order valence-corrected chi connectivity index (χ3v) is 1.05. The van der Waals surface area contributed by atoms with Gasteiger partial charge in [0.05, 0.1) is 0 Å². The van der Waals surface area contributed by atoms with Crippen molar-refractivity contribution in [3.8, 4) is 0 Å². The van der Waals surface area contributed by atoms with Crippen LogP contribution in [0.5, 0.6) is 0 Å². The molecule has 3 heteroatoms. The molecule has 0 atom stereocenters. The zero-order valence-corrected chi connectivity index (χ0v) is 5.47. The number of halogens is 1. The molecular formula is C4H8ClNS. The quantitative estimate of drug-likeness (QED) is 0.585. The van der Waals surface area contributed by atoms with Crippen molar-refractivity contribution in [1.82, 2.24) is 6.15 Å². The second-order valence-electron chi connectivity index (χ2n) is 0.793. The van der Waals surface area contributed by atoms with Crippen molar-refractivity contribution < 1.29 is 0 Å². The van der Waals surface area contributed by atoms with E-state index in [4.69, 9.17) is 0 Å². The summed E-state index contributed by atoms with van der Waals surface area (Å²) in [5, 5.41) is 4.08. The summed E-state index contributed by atoms with van der Waals surface area (Å²) in [5.41, 5.74) is 0. The molecule has 1 aromatic rings. The van der Waals surface area contributed by atoms with Gasteiger partial charge in [-0.05, 0) is 10.8 Å². The van der Waals surface area contributed by atoms with Crippen LogP contribution >= 0.6 is 23.7 Å². The molecule has 0 amide bonds. The van der Waals surface area contributed by atoms with E-state index in [2.05, 4.69) is 0 Å². The van der Waals surface area contributed by atoms with Crippen molar-refractivity contribution in [1.29, 1.82) is 0 Å². The maximum Gasteiger partial charge on any atom is -0.00934 e. The van der Waals surface area contributed by atoms with E-state index in [-0.39, 0.29) is 18.6 Å². The van der Waals surface area contributed by atoms with Crippen LogP contribution in [0, 0.1) is 0 Å². The summed E-state index contributed by atoms with van der Waals surface area (Å²) in [6, 6.07) is 4.04. The topological polar surface area (TPSA) is 35.0 Å². The minimum atomic E-state index is 0. The lowest BCUT2D eigenvalue weighted by Gasteiger charge is -1.39. The Morgan fingerprint density at radius 2 is 1.43 bits per heavy atom. The van der Waals surface area contributed by atoms with Crippen LogP contribution in [0.1, 0.15) is 0 Å². The molecule has 0 aromatic carbocycles. The Bertz CT molecular complexity index is 68.2.